The van der Waals surface area contributed by atoms with Crippen molar-refractivity contribution in [1.29, 1.82) is 0 Å². The van der Waals surface area contributed by atoms with Crippen LogP contribution in [0.15, 0.2) is 42.5 Å². The second kappa shape index (κ2) is 5.05. The highest BCUT2D eigenvalue weighted by Gasteiger charge is 2.31. The molecule has 2 N–H and O–H groups in total. The molecule has 1 aliphatic rings. The molecule has 1 aliphatic carbocycles. The van der Waals surface area contributed by atoms with Crippen LogP contribution >= 0.6 is 0 Å². The molecular formula is C17H15NO3. The lowest BCUT2D eigenvalue weighted by Crippen LogP contribution is -2.30. The minimum absolute atomic E-state index is 0.0452. The van der Waals surface area contributed by atoms with Crippen molar-refractivity contribution in [3.8, 4) is 0 Å². The molecule has 1 unspecified atom stereocenters. The molecule has 4 nitrogen and oxygen atoms in total. The minimum Gasteiger partial charge on any atom is -0.478 e. The summed E-state index contributed by atoms with van der Waals surface area (Å²) < 4.78 is 0. The number of hydrogen-bond donors (Lipinski definition) is 2. The summed E-state index contributed by atoms with van der Waals surface area (Å²) in [6.45, 7) is 1.72. The van der Waals surface area contributed by atoms with Gasteiger partial charge in [-0.3, -0.25) is 4.79 Å². The molecule has 0 radical (unpaired) electrons. The SMILES string of the molecule is Cc1cc(NC(=O)C2Cc3ccccc32)ccc1C(=O)O. The zero-order chi connectivity index (χ0) is 15.0. The van der Waals surface area contributed by atoms with Crippen LogP contribution in [0.3, 0.4) is 0 Å². The molecule has 106 valence electrons. The summed E-state index contributed by atoms with van der Waals surface area (Å²) in [5, 5.41) is 11.9. The molecule has 3 rings (SSSR count). The quantitative estimate of drug-likeness (QED) is 0.909. The zero-order valence-corrected chi connectivity index (χ0v) is 11.6. The first-order valence-corrected chi connectivity index (χ1v) is 6.79. The standard InChI is InChI=1S/C17H15NO3/c1-10-8-12(6-7-13(10)17(20)21)18-16(19)15-9-11-4-2-3-5-14(11)15/h2-8,15H,9H2,1H3,(H,18,19)(H,20,21). The summed E-state index contributed by atoms with van der Waals surface area (Å²) in [7, 11) is 0. The molecule has 1 atom stereocenters. The number of hydrogen-bond acceptors (Lipinski definition) is 2. The van der Waals surface area contributed by atoms with Crippen LogP contribution in [-0.2, 0) is 11.2 Å². The number of rotatable bonds is 3. The van der Waals surface area contributed by atoms with Gasteiger partial charge < -0.3 is 10.4 Å². The van der Waals surface area contributed by atoms with Crippen molar-refractivity contribution < 1.29 is 14.7 Å². The molecule has 0 spiro atoms. The zero-order valence-electron chi connectivity index (χ0n) is 11.6. The molecule has 2 aromatic rings. The number of fused-ring (bicyclic) bond motifs is 1. The average molecular weight is 281 g/mol. The lowest BCUT2D eigenvalue weighted by molar-refractivity contribution is -0.118. The van der Waals surface area contributed by atoms with Crippen molar-refractivity contribution in [2.24, 2.45) is 0 Å². The molecule has 2 aromatic carbocycles. The summed E-state index contributed by atoms with van der Waals surface area (Å²) in [4.78, 5) is 23.2. The first kappa shape index (κ1) is 13.4. The number of carboxylic acids is 1. The summed E-state index contributed by atoms with van der Waals surface area (Å²) >= 11 is 0. The number of carbonyl (C=O) groups excluding carboxylic acids is 1. The number of benzene rings is 2. The minimum atomic E-state index is -0.960. The van der Waals surface area contributed by atoms with Crippen molar-refractivity contribution in [2.45, 2.75) is 19.3 Å². The van der Waals surface area contributed by atoms with Crippen LogP contribution in [-0.4, -0.2) is 17.0 Å². The van der Waals surface area contributed by atoms with E-state index in [1.165, 1.54) is 11.6 Å². The van der Waals surface area contributed by atoms with Crippen LogP contribution in [0.1, 0.15) is 33.0 Å². The number of carboxylic acid groups (broad SMARTS) is 1. The van der Waals surface area contributed by atoms with Crippen LogP contribution < -0.4 is 5.32 Å². The number of aryl methyl sites for hydroxylation is 1. The molecule has 1 amide bonds. The third kappa shape index (κ3) is 2.40. The molecule has 4 heteroatoms. The Morgan fingerprint density at radius 2 is 1.95 bits per heavy atom. The van der Waals surface area contributed by atoms with Gasteiger partial charge in [-0.05, 0) is 48.2 Å². The van der Waals surface area contributed by atoms with Gasteiger partial charge in [0.2, 0.25) is 5.91 Å². The third-order valence-electron chi connectivity index (χ3n) is 3.90. The van der Waals surface area contributed by atoms with E-state index in [1.54, 1.807) is 19.1 Å². The molecule has 0 aliphatic heterocycles. The summed E-state index contributed by atoms with van der Waals surface area (Å²) in [5.74, 6) is -1.12. The van der Waals surface area contributed by atoms with E-state index in [0.717, 1.165) is 12.0 Å². The monoisotopic (exact) mass is 281 g/mol. The first-order chi connectivity index (χ1) is 10.1. The van der Waals surface area contributed by atoms with Gasteiger partial charge in [-0.15, -0.1) is 0 Å². The molecule has 0 fully saturated rings. The molecule has 21 heavy (non-hydrogen) atoms. The largest absolute Gasteiger partial charge is 0.478 e. The summed E-state index contributed by atoms with van der Waals surface area (Å²) in [5.41, 5.74) is 3.81. The van der Waals surface area contributed by atoms with Gasteiger partial charge in [0.15, 0.2) is 0 Å². The van der Waals surface area contributed by atoms with Gasteiger partial charge in [0, 0.05) is 5.69 Å². The lowest BCUT2D eigenvalue weighted by Gasteiger charge is -2.28. The number of amides is 1. The molecule has 0 bridgehead atoms. The molecule has 0 saturated heterocycles. The van der Waals surface area contributed by atoms with E-state index in [-0.39, 0.29) is 17.4 Å². The van der Waals surface area contributed by atoms with Crippen LogP contribution in [0.25, 0.3) is 0 Å². The Bertz CT molecular complexity index is 737. The van der Waals surface area contributed by atoms with Gasteiger partial charge in [-0.1, -0.05) is 24.3 Å². The van der Waals surface area contributed by atoms with E-state index in [4.69, 9.17) is 5.11 Å². The van der Waals surface area contributed by atoms with Gasteiger partial charge >= 0.3 is 5.97 Å². The van der Waals surface area contributed by atoms with Crippen LogP contribution in [0.5, 0.6) is 0 Å². The maximum absolute atomic E-state index is 12.3. The Morgan fingerprint density at radius 3 is 2.62 bits per heavy atom. The average Bonchev–Trinajstić information content (AvgIpc) is 2.39. The maximum atomic E-state index is 12.3. The van der Waals surface area contributed by atoms with Crippen molar-refractivity contribution in [3.05, 3.63) is 64.7 Å². The highest BCUT2D eigenvalue weighted by atomic mass is 16.4. The Morgan fingerprint density at radius 1 is 1.19 bits per heavy atom. The van der Waals surface area contributed by atoms with Crippen molar-refractivity contribution in [3.63, 3.8) is 0 Å². The third-order valence-corrected chi connectivity index (χ3v) is 3.90. The highest BCUT2D eigenvalue weighted by molar-refractivity contribution is 5.98. The predicted octanol–water partition coefficient (Wildman–Crippen LogP) is 2.97. The van der Waals surface area contributed by atoms with Crippen LogP contribution in [0, 0.1) is 6.92 Å². The number of anilines is 1. The highest BCUT2D eigenvalue weighted by Crippen LogP contribution is 2.35. The van der Waals surface area contributed by atoms with Gasteiger partial charge in [0.05, 0.1) is 11.5 Å². The predicted molar refractivity (Wildman–Crippen MR) is 79.7 cm³/mol. The summed E-state index contributed by atoms with van der Waals surface area (Å²) in [6.07, 6.45) is 0.758. The fourth-order valence-corrected chi connectivity index (χ4v) is 2.70. The Kier molecular flexibility index (Phi) is 3.22. The summed E-state index contributed by atoms with van der Waals surface area (Å²) in [6, 6.07) is 12.7. The first-order valence-electron chi connectivity index (χ1n) is 6.79. The molecule has 0 saturated carbocycles. The van der Waals surface area contributed by atoms with E-state index in [1.807, 2.05) is 24.3 Å². The van der Waals surface area contributed by atoms with Gasteiger partial charge in [-0.2, -0.15) is 0 Å². The van der Waals surface area contributed by atoms with Crippen LogP contribution in [0.2, 0.25) is 0 Å². The fourth-order valence-electron chi connectivity index (χ4n) is 2.70. The van der Waals surface area contributed by atoms with E-state index < -0.39 is 5.97 Å². The van der Waals surface area contributed by atoms with Gasteiger partial charge in [0.1, 0.15) is 0 Å². The lowest BCUT2D eigenvalue weighted by atomic mass is 9.77. The smallest absolute Gasteiger partial charge is 0.335 e. The maximum Gasteiger partial charge on any atom is 0.335 e. The number of nitrogens with one attached hydrogen (secondary N) is 1. The number of carbonyl (C=O) groups is 2. The van der Waals surface area contributed by atoms with Crippen molar-refractivity contribution >= 4 is 17.6 Å². The second-order valence-corrected chi connectivity index (χ2v) is 5.28. The van der Waals surface area contributed by atoms with Crippen molar-refractivity contribution in [2.75, 3.05) is 5.32 Å². The second-order valence-electron chi connectivity index (χ2n) is 5.28. The van der Waals surface area contributed by atoms with E-state index in [9.17, 15) is 9.59 Å². The Balaban J connectivity index is 1.75. The van der Waals surface area contributed by atoms with E-state index >= 15 is 0 Å². The Labute approximate surface area is 122 Å². The van der Waals surface area contributed by atoms with Crippen LogP contribution in [0.4, 0.5) is 5.69 Å². The van der Waals surface area contributed by atoms with Crippen molar-refractivity contribution in [1.82, 2.24) is 0 Å². The molecule has 0 heterocycles. The van der Waals surface area contributed by atoms with Gasteiger partial charge in [-0.25, -0.2) is 4.79 Å². The molecule has 0 aromatic heterocycles. The van der Waals surface area contributed by atoms with E-state index in [0.29, 0.717) is 11.3 Å². The topological polar surface area (TPSA) is 66.4 Å². The van der Waals surface area contributed by atoms with E-state index in [2.05, 4.69) is 5.32 Å². The van der Waals surface area contributed by atoms with Gasteiger partial charge in [0.25, 0.3) is 0 Å². The fraction of sp³-hybridized carbons (Fsp3) is 0.176. The molecular weight excluding hydrogens is 266 g/mol. The number of aromatic carboxylic acids is 1. The Hall–Kier alpha value is -2.62. The normalized spacial score (nSPS) is 15.8.